The van der Waals surface area contributed by atoms with Gasteiger partial charge < -0.3 is 15.4 Å². The highest BCUT2D eigenvalue weighted by Crippen LogP contribution is 2.28. The third-order valence-corrected chi connectivity index (χ3v) is 4.57. The molecule has 1 aliphatic rings. The number of nitrogens with two attached hydrogens (primary N) is 1. The molecule has 4 nitrogen and oxygen atoms in total. The first-order valence-electron chi connectivity index (χ1n) is 7.83. The van der Waals surface area contributed by atoms with Gasteiger partial charge >= 0.3 is 0 Å². The highest BCUT2D eigenvalue weighted by atomic mass is 16.5. The predicted molar refractivity (Wildman–Crippen MR) is 87.7 cm³/mol. The summed E-state index contributed by atoms with van der Waals surface area (Å²) < 4.78 is 5.25. The fourth-order valence-corrected chi connectivity index (χ4v) is 3.41. The number of hydrogen-bond acceptors (Lipinski definition) is 4. The second kappa shape index (κ2) is 7.25. The van der Waals surface area contributed by atoms with E-state index in [0.29, 0.717) is 6.04 Å². The minimum absolute atomic E-state index is 0.0932. The van der Waals surface area contributed by atoms with Crippen molar-refractivity contribution in [2.75, 3.05) is 34.3 Å². The number of nitrogens with zero attached hydrogens (tertiary/aromatic N) is 2. The van der Waals surface area contributed by atoms with Gasteiger partial charge in [-0.1, -0.05) is 12.1 Å². The van der Waals surface area contributed by atoms with Crippen molar-refractivity contribution in [2.24, 2.45) is 5.73 Å². The maximum Gasteiger partial charge on any atom is 0.118 e. The zero-order valence-electron chi connectivity index (χ0n) is 13.7. The van der Waals surface area contributed by atoms with Crippen molar-refractivity contribution in [3.05, 3.63) is 29.8 Å². The maximum atomic E-state index is 6.29. The lowest BCUT2D eigenvalue weighted by molar-refractivity contribution is 0.0892. The van der Waals surface area contributed by atoms with Gasteiger partial charge in [0.25, 0.3) is 0 Å². The largest absolute Gasteiger partial charge is 0.497 e. The number of methoxy groups -OCH3 is 1. The monoisotopic (exact) mass is 291 g/mol. The van der Waals surface area contributed by atoms with E-state index in [4.69, 9.17) is 10.5 Å². The summed E-state index contributed by atoms with van der Waals surface area (Å²) in [6.07, 6.45) is 2.51. The van der Waals surface area contributed by atoms with Crippen LogP contribution >= 0.6 is 0 Å². The number of benzene rings is 1. The van der Waals surface area contributed by atoms with Gasteiger partial charge in [-0.25, -0.2) is 0 Å². The van der Waals surface area contributed by atoms with Crippen molar-refractivity contribution < 1.29 is 4.74 Å². The normalized spacial score (nSPS) is 23.0. The van der Waals surface area contributed by atoms with Crippen molar-refractivity contribution in [1.29, 1.82) is 0 Å². The molecule has 1 aromatic carbocycles. The molecule has 2 N–H and O–H groups in total. The molecule has 1 heterocycles. The Morgan fingerprint density at radius 1 is 1.33 bits per heavy atom. The second-order valence-electron chi connectivity index (χ2n) is 6.30. The smallest absolute Gasteiger partial charge is 0.118 e. The van der Waals surface area contributed by atoms with Gasteiger partial charge in [0.05, 0.1) is 7.11 Å². The summed E-state index contributed by atoms with van der Waals surface area (Å²) in [5.41, 5.74) is 7.56. The average Bonchev–Trinajstić information content (AvgIpc) is 2.47. The lowest BCUT2D eigenvalue weighted by Gasteiger charge is -2.41. The highest BCUT2D eigenvalue weighted by Gasteiger charge is 2.29. The van der Waals surface area contributed by atoms with Crippen LogP contribution in [-0.4, -0.2) is 56.2 Å². The Morgan fingerprint density at radius 3 is 2.52 bits per heavy atom. The molecule has 1 aliphatic heterocycles. The molecule has 0 spiro atoms. The van der Waals surface area contributed by atoms with Gasteiger partial charge in [0.2, 0.25) is 0 Å². The third kappa shape index (κ3) is 3.96. The van der Waals surface area contributed by atoms with Crippen molar-refractivity contribution in [3.63, 3.8) is 0 Å². The minimum atomic E-state index is 0.0932. The van der Waals surface area contributed by atoms with Crippen LogP contribution in [0.1, 0.15) is 31.4 Å². The van der Waals surface area contributed by atoms with Crippen LogP contribution in [0.3, 0.4) is 0 Å². The average molecular weight is 291 g/mol. The van der Waals surface area contributed by atoms with Crippen LogP contribution < -0.4 is 10.5 Å². The Kier molecular flexibility index (Phi) is 5.62. The SMILES string of the molecule is COc1ccc(C(C(C)N)N(C)C2CCCN(C)C2)cc1. The van der Waals surface area contributed by atoms with E-state index in [-0.39, 0.29) is 12.1 Å². The van der Waals surface area contributed by atoms with E-state index in [1.165, 1.54) is 24.9 Å². The van der Waals surface area contributed by atoms with E-state index in [9.17, 15) is 0 Å². The van der Waals surface area contributed by atoms with Crippen LogP contribution in [0.25, 0.3) is 0 Å². The number of likely N-dealkylation sites (N-methyl/N-ethyl adjacent to an activating group) is 2. The lowest BCUT2D eigenvalue weighted by atomic mass is 9.95. The van der Waals surface area contributed by atoms with Crippen molar-refractivity contribution in [2.45, 2.75) is 37.9 Å². The Bertz CT molecular complexity index is 432. The summed E-state index contributed by atoms with van der Waals surface area (Å²) in [7, 11) is 6.11. The summed E-state index contributed by atoms with van der Waals surface area (Å²) in [5, 5.41) is 0. The Labute approximate surface area is 128 Å². The molecule has 4 heteroatoms. The molecule has 3 unspecified atom stereocenters. The van der Waals surface area contributed by atoms with Crippen LogP contribution in [0.2, 0.25) is 0 Å². The molecule has 3 atom stereocenters. The molecule has 0 saturated carbocycles. The topological polar surface area (TPSA) is 41.7 Å². The molecule has 0 radical (unpaired) electrons. The highest BCUT2D eigenvalue weighted by molar-refractivity contribution is 5.30. The van der Waals surface area contributed by atoms with E-state index in [1.807, 2.05) is 12.1 Å². The van der Waals surface area contributed by atoms with Crippen LogP contribution in [0.5, 0.6) is 5.75 Å². The Balaban J connectivity index is 2.16. The summed E-state index contributed by atoms with van der Waals surface area (Å²) >= 11 is 0. The molecule has 0 aromatic heterocycles. The summed E-state index contributed by atoms with van der Waals surface area (Å²) in [6, 6.07) is 9.22. The summed E-state index contributed by atoms with van der Waals surface area (Å²) in [4.78, 5) is 4.87. The van der Waals surface area contributed by atoms with Crippen LogP contribution in [-0.2, 0) is 0 Å². The zero-order valence-corrected chi connectivity index (χ0v) is 13.7. The van der Waals surface area contributed by atoms with Gasteiger partial charge in [0, 0.05) is 24.7 Å². The van der Waals surface area contributed by atoms with E-state index >= 15 is 0 Å². The van der Waals surface area contributed by atoms with Crippen LogP contribution in [0.15, 0.2) is 24.3 Å². The second-order valence-corrected chi connectivity index (χ2v) is 6.30. The molecule has 1 fully saturated rings. The number of hydrogen-bond donors (Lipinski definition) is 1. The Morgan fingerprint density at radius 2 is 2.00 bits per heavy atom. The van der Waals surface area contributed by atoms with Crippen LogP contribution in [0, 0.1) is 0 Å². The molecular formula is C17H29N3O. The predicted octanol–water partition coefficient (Wildman–Crippen LogP) is 2.11. The lowest BCUT2D eigenvalue weighted by Crippen LogP contribution is -2.49. The molecule has 21 heavy (non-hydrogen) atoms. The molecule has 2 rings (SSSR count). The van der Waals surface area contributed by atoms with E-state index in [2.05, 4.69) is 43.0 Å². The van der Waals surface area contributed by atoms with Gasteiger partial charge in [0.1, 0.15) is 5.75 Å². The number of likely N-dealkylation sites (tertiary alicyclic amines) is 1. The van der Waals surface area contributed by atoms with E-state index in [1.54, 1.807) is 7.11 Å². The molecule has 0 aliphatic carbocycles. The summed E-state index contributed by atoms with van der Waals surface area (Å²) in [5.74, 6) is 0.891. The molecule has 118 valence electrons. The fraction of sp³-hybridized carbons (Fsp3) is 0.647. The number of ether oxygens (including phenoxy) is 1. The van der Waals surface area contributed by atoms with E-state index in [0.717, 1.165) is 12.3 Å². The van der Waals surface area contributed by atoms with Gasteiger partial charge in [-0.2, -0.15) is 0 Å². The maximum absolute atomic E-state index is 6.29. The number of piperidine rings is 1. The first-order valence-corrected chi connectivity index (χ1v) is 7.83. The molecular weight excluding hydrogens is 262 g/mol. The third-order valence-electron chi connectivity index (χ3n) is 4.57. The standard InChI is InChI=1S/C17H29N3O/c1-13(18)17(14-7-9-16(21-4)10-8-14)20(3)15-6-5-11-19(2)12-15/h7-10,13,15,17H,5-6,11-12,18H2,1-4H3. The Hall–Kier alpha value is -1.10. The van der Waals surface area contributed by atoms with Gasteiger partial charge in [-0.3, -0.25) is 4.90 Å². The molecule has 0 bridgehead atoms. The molecule has 1 aromatic rings. The minimum Gasteiger partial charge on any atom is -0.497 e. The van der Waals surface area contributed by atoms with E-state index < -0.39 is 0 Å². The first-order chi connectivity index (χ1) is 10.0. The first kappa shape index (κ1) is 16.3. The van der Waals surface area contributed by atoms with Crippen molar-refractivity contribution in [1.82, 2.24) is 9.80 Å². The summed E-state index contributed by atoms with van der Waals surface area (Å²) in [6.45, 7) is 4.42. The number of rotatable bonds is 5. The molecule has 1 saturated heterocycles. The van der Waals surface area contributed by atoms with Crippen LogP contribution in [0.4, 0.5) is 0 Å². The van der Waals surface area contributed by atoms with Gasteiger partial charge in [-0.15, -0.1) is 0 Å². The van der Waals surface area contributed by atoms with Crippen molar-refractivity contribution >= 4 is 0 Å². The fourth-order valence-electron chi connectivity index (χ4n) is 3.41. The van der Waals surface area contributed by atoms with Gasteiger partial charge in [-0.05, 0) is 58.1 Å². The zero-order chi connectivity index (χ0) is 15.4. The van der Waals surface area contributed by atoms with Gasteiger partial charge in [0.15, 0.2) is 0 Å². The quantitative estimate of drug-likeness (QED) is 0.902. The van der Waals surface area contributed by atoms with Crippen molar-refractivity contribution in [3.8, 4) is 5.75 Å². The molecule has 0 amide bonds.